The molecule has 2 aromatic rings. The number of likely N-dealkylation sites (N-methyl/N-ethyl adjacent to an activating group) is 1. The van der Waals surface area contributed by atoms with E-state index in [2.05, 4.69) is 15.0 Å². The third-order valence-corrected chi connectivity index (χ3v) is 5.59. The van der Waals surface area contributed by atoms with Gasteiger partial charge in [-0.1, -0.05) is 6.92 Å². The zero-order valence-corrected chi connectivity index (χ0v) is 16.5. The molecule has 1 aliphatic heterocycles. The maximum absolute atomic E-state index is 12.6. The number of rotatable bonds is 6. The second kappa shape index (κ2) is 7.95. The Morgan fingerprint density at radius 1 is 1.36 bits per heavy atom. The van der Waals surface area contributed by atoms with Gasteiger partial charge in [-0.2, -0.15) is 0 Å². The van der Waals surface area contributed by atoms with Crippen LogP contribution in [0.4, 0.5) is 10.7 Å². The Morgan fingerprint density at radius 3 is 2.75 bits per heavy atom. The van der Waals surface area contributed by atoms with Gasteiger partial charge in [0.05, 0.1) is 16.9 Å². The molecule has 150 valence electrons. The minimum absolute atomic E-state index is 0.191. The van der Waals surface area contributed by atoms with E-state index in [1.165, 1.54) is 17.0 Å². The first-order valence-electron chi connectivity index (χ1n) is 9.52. The van der Waals surface area contributed by atoms with Crippen LogP contribution in [0.5, 0.6) is 0 Å². The number of aromatic nitrogens is 4. The van der Waals surface area contributed by atoms with Crippen molar-refractivity contribution < 1.29 is 9.90 Å². The third-order valence-electron chi connectivity index (χ3n) is 5.59. The van der Waals surface area contributed by atoms with E-state index in [1.54, 1.807) is 24.2 Å². The summed E-state index contributed by atoms with van der Waals surface area (Å²) in [6.45, 7) is 5.61. The van der Waals surface area contributed by atoms with E-state index in [4.69, 9.17) is 0 Å². The maximum atomic E-state index is 12.6. The van der Waals surface area contributed by atoms with Gasteiger partial charge in [-0.15, -0.1) is 0 Å². The lowest BCUT2D eigenvalue weighted by Gasteiger charge is -2.40. The number of nitrogens with zero attached hydrogens (tertiary/aromatic N) is 6. The van der Waals surface area contributed by atoms with Crippen LogP contribution in [-0.4, -0.2) is 60.8 Å². The zero-order valence-electron chi connectivity index (χ0n) is 16.5. The summed E-state index contributed by atoms with van der Waals surface area (Å²) < 4.78 is 1.50. The van der Waals surface area contributed by atoms with Crippen LogP contribution in [0.2, 0.25) is 0 Å². The van der Waals surface area contributed by atoms with Crippen LogP contribution in [0, 0.1) is 0 Å². The van der Waals surface area contributed by atoms with Gasteiger partial charge in [0, 0.05) is 38.9 Å². The third kappa shape index (κ3) is 3.56. The molecule has 0 saturated carbocycles. The molecule has 0 aromatic carbocycles. The molecule has 3 rings (SSSR count). The quantitative estimate of drug-likeness (QED) is 0.809. The Labute approximate surface area is 163 Å². The summed E-state index contributed by atoms with van der Waals surface area (Å²) in [6, 6.07) is 3.16. The first kappa shape index (κ1) is 19.8. The smallest absolute Gasteiger partial charge is 0.407 e. The second-order valence-corrected chi connectivity index (χ2v) is 7.06. The van der Waals surface area contributed by atoms with Gasteiger partial charge in [0.15, 0.2) is 0 Å². The first-order chi connectivity index (χ1) is 13.4. The Bertz CT molecular complexity index is 900. The minimum Gasteiger partial charge on any atom is -0.465 e. The highest BCUT2D eigenvalue weighted by Crippen LogP contribution is 2.34. The molecule has 0 radical (unpaired) electrons. The zero-order chi connectivity index (χ0) is 20.3. The highest BCUT2D eigenvalue weighted by molar-refractivity contribution is 5.67. The second-order valence-electron chi connectivity index (χ2n) is 7.06. The Balaban J connectivity index is 2.02. The molecule has 2 aromatic heterocycles. The standard InChI is InChI=1S/C19H26N6O3/c1-4-19(8-6-10-25(19)18(27)28)12-24(5-2)17-22-15(11-16(26)23(17)3)14-7-9-20-13-21-14/h7,9,11,13H,4-6,8,10,12H2,1-3H3,(H,27,28)/t19-/m1/s1. The van der Waals surface area contributed by atoms with Gasteiger partial charge >= 0.3 is 6.09 Å². The number of likely N-dealkylation sites (tertiary alicyclic amines) is 1. The first-order valence-corrected chi connectivity index (χ1v) is 9.52. The van der Waals surface area contributed by atoms with E-state index in [0.29, 0.717) is 43.4 Å². The molecule has 3 heterocycles. The minimum atomic E-state index is -0.896. The Hall–Kier alpha value is -2.97. The predicted molar refractivity (Wildman–Crippen MR) is 105 cm³/mol. The van der Waals surface area contributed by atoms with E-state index in [9.17, 15) is 14.7 Å². The average molecular weight is 386 g/mol. The van der Waals surface area contributed by atoms with Crippen molar-refractivity contribution in [2.45, 2.75) is 38.6 Å². The van der Waals surface area contributed by atoms with E-state index < -0.39 is 11.6 Å². The molecule has 1 amide bonds. The van der Waals surface area contributed by atoms with Crippen molar-refractivity contribution >= 4 is 12.0 Å². The molecule has 1 N–H and O–H groups in total. The van der Waals surface area contributed by atoms with Crippen LogP contribution in [0.25, 0.3) is 11.4 Å². The summed E-state index contributed by atoms with van der Waals surface area (Å²) >= 11 is 0. The molecule has 9 nitrogen and oxygen atoms in total. The number of carboxylic acid groups (broad SMARTS) is 1. The van der Waals surface area contributed by atoms with Gasteiger partial charge in [-0.25, -0.2) is 19.7 Å². The molecule has 9 heteroatoms. The fraction of sp³-hybridized carbons (Fsp3) is 0.526. The number of amides is 1. The lowest BCUT2D eigenvalue weighted by Crippen LogP contribution is -2.54. The van der Waals surface area contributed by atoms with Crippen LogP contribution in [0.3, 0.4) is 0 Å². The van der Waals surface area contributed by atoms with E-state index in [0.717, 1.165) is 12.8 Å². The van der Waals surface area contributed by atoms with Crippen molar-refractivity contribution in [3.05, 3.63) is 35.0 Å². The topological polar surface area (TPSA) is 104 Å². The van der Waals surface area contributed by atoms with Gasteiger partial charge in [-0.05, 0) is 32.3 Å². The van der Waals surface area contributed by atoms with Gasteiger partial charge in [0.1, 0.15) is 6.33 Å². The Morgan fingerprint density at radius 2 is 2.14 bits per heavy atom. The van der Waals surface area contributed by atoms with Crippen LogP contribution in [-0.2, 0) is 7.05 Å². The SMILES string of the molecule is CCN(C[C@@]1(CC)CCCN1C(=O)O)c1nc(-c2ccncn2)cc(=O)n1C. The highest BCUT2D eigenvalue weighted by atomic mass is 16.4. The van der Waals surface area contributed by atoms with E-state index in [-0.39, 0.29) is 5.56 Å². The number of hydrogen-bond donors (Lipinski definition) is 1. The molecule has 1 fully saturated rings. The lowest BCUT2D eigenvalue weighted by atomic mass is 9.92. The molecule has 0 unspecified atom stereocenters. The summed E-state index contributed by atoms with van der Waals surface area (Å²) in [5.74, 6) is 0.508. The molecule has 0 bridgehead atoms. The molecule has 1 saturated heterocycles. The molecular formula is C19H26N6O3. The molecular weight excluding hydrogens is 360 g/mol. The summed E-state index contributed by atoms with van der Waals surface area (Å²) in [4.78, 5) is 40.6. The summed E-state index contributed by atoms with van der Waals surface area (Å²) in [5, 5.41) is 9.65. The molecule has 1 aliphatic rings. The van der Waals surface area contributed by atoms with Gasteiger partial charge in [0.2, 0.25) is 5.95 Å². The summed E-state index contributed by atoms with van der Waals surface area (Å²) in [6.07, 6.45) is 4.47. The summed E-state index contributed by atoms with van der Waals surface area (Å²) in [5.41, 5.74) is 0.378. The lowest BCUT2D eigenvalue weighted by molar-refractivity contribution is 0.102. The highest BCUT2D eigenvalue weighted by Gasteiger charge is 2.43. The molecule has 28 heavy (non-hydrogen) atoms. The number of anilines is 1. The summed E-state index contributed by atoms with van der Waals surface area (Å²) in [7, 11) is 1.68. The fourth-order valence-electron chi connectivity index (χ4n) is 3.94. The van der Waals surface area contributed by atoms with Crippen molar-refractivity contribution in [1.29, 1.82) is 0 Å². The van der Waals surface area contributed by atoms with Crippen LogP contribution < -0.4 is 10.5 Å². The Kier molecular flexibility index (Phi) is 5.62. The fourth-order valence-corrected chi connectivity index (χ4v) is 3.94. The van der Waals surface area contributed by atoms with Crippen molar-refractivity contribution in [1.82, 2.24) is 24.4 Å². The predicted octanol–water partition coefficient (Wildman–Crippen LogP) is 1.99. The largest absolute Gasteiger partial charge is 0.465 e. The normalized spacial score (nSPS) is 19.0. The van der Waals surface area contributed by atoms with Crippen molar-refractivity contribution in [3.63, 3.8) is 0 Å². The van der Waals surface area contributed by atoms with Crippen LogP contribution >= 0.6 is 0 Å². The molecule has 1 atom stereocenters. The van der Waals surface area contributed by atoms with Gasteiger partial charge < -0.3 is 14.9 Å². The van der Waals surface area contributed by atoms with Crippen LogP contribution in [0.15, 0.2) is 29.5 Å². The number of carbonyl (C=O) groups is 1. The van der Waals surface area contributed by atoms with Crippen molar-refractivity contribution in [2.24, 2.45) is 7.05 Å². The van der Waals surface area contributed by atoms with E-state index in [1.807, 2.05) is 18.7 Å². The van der Waals surface area contributed by atoms with Gasteiger partial charge in [0.25, 0.3) is 5.56 Å². The average Bonchev–Trinajstić information content (AvgIpc) is 3.13. The maximum Gasteiger partial charge on any atom is 0.407 e. The van der Waals surface area contributed by atoms with Crippen LogP contribution in [0.1, 0.15) is 33.1 Å². The van der Waals surface area contributed by atoms with Crippen molar-refractivity contribution in [2.75, 3.05) is 24.5 Å². The van der Waals surface area contributed by atoms with Gasteiger partial charge in [-0.3, -0.25) is 9.36 Å². The van der Waals surface area contributed by atoms with Crippen molar-refractivity contribution in [3.8, 4) is 11.4 Å². The molecule has 0 aliphatic carbocycles. The number of hydrogen-bond acceptors (Lipinski definition) is 6. The molecule has 0 spiro atoms. The van der Waals surface area contributed by atoms with E-state index >= 15 is 0 Å². The monoisotopic (exact) mass is 386 g/mol.